The van der Waals surface area contributed by atoms with Crippen molar-refractivity contribution in [2.24, 2.45) is 10.2 Å². The maximum absolute atomic E-state index is 12.9. The van der Waals surface area contributed by atoms with Gasteiger partial charge in [-0.25, -0.2) is 13.4 Å². The molecule has 5 aromatic rings. The van der Waals surface area contributed by atoms with Gasteiger partial charge in [-0.15, -0.1) is 10.2 Å². The molecule has 0 fully saturated rings. The molecule has 0 aliphatic rings. The van der Waals surface area contributed by atoms with Crippen molar-refractivity contribution < 1.29 is 18.3 Å². The van der Waals surface area contributed by atoms with E-state index in [0.717, 1.165) is 21.8 Å². The molecule has 2 N–H and O–H groups in total. The predicted octanol–water partition coefficient (Wildman–Crippen LogP) is 5.68. The lowest BCUT2D eigenvalue weighted by Crippen LogP contribution is -2.09. The normalized spacial score (nSPS) is 12.2. The van der Waals surface area contributed by atoms with Gasteiger partial charge in [-0.2, -0.15) is 0 Å². The number of nitrogens with zero attached hydrogens (tertiary/aromatic N) is 4. The number of hydrogen-bond acceptors (Lipinski definition) is 6. The molecule has 182 valence electrons. The Bertz CT molecular complexity index is 1790. The van der Waals surface area contributed by atoms with Crippen LogP contribution in [0.25, 0.3) is 33.3 Å². The lowest BCUT2D eigenvalue weighted by molar-refractivity contribution is -0.118. The third-order valence-corrected chi connectivity index (χ3v) is 7.34. The van der Waals surface area contributed by atoms with E-state index < -0.39 is 15.7 Å². The summed E-state index contributed by atoms with van der Waals surface area (Å²) >= 11 is 3.39. The largest absolute Gasteiger partial charge is 0.493 e. The molecule has 2 aromatic heterocycles. The van der Waals surface area contributed by atoms with Crippen LogP contribution in [0.2, 0.25) is 0 Å². The number of aryl methyl sites for hydroxylation is 1. The van der Waals surface area contributed by atoms with Gasteiger partial charge in [0.25, 0.3) is 5.91 Å². The van der Waals surface area contributed by atoms with Crippen LogP contribution in [-0.4, -0.2) is 40.2 Å². The number of aromatic hydroxyl groups is 1. The molecule has 0 atom stereocenters. The monoisotopic (exact) mass is 565 g/mol. The Morgan fingerprint density at radius 3 is 2.58 bits per heavy atom. The quantitative estimate of drug-likeness (QED) is 0.265. The zero-order valence-corrected chi connectivity index (χ0v) is 21.6. The summed E-state index contributed by atoms with van der Waals surface area (Å²) in [7, 11) is -3.35. The van der Waals surface area contributed by atoms with Crippen LogP contribution in [0.3, 0.4) is 0 Å². The van der Waals surface area contributed by atoms with E-state index in [2.05, 4.69) is 31.1 Å². The van der Waals surface area contributed by atoms with E-state index in [1.54, 1.807) is 28.8 Å². The minimum Gasteiger partial charge on any atom is -0.493 e. The average Bonchev–Trinajstić information content (AvgIpc) is 3.33. The zero-order valence-electron chi connectivity index (χ0n) is 19.2. The second-order valence-corrected chi connectivity index (χ2v) is 11.3. The molecule has 3 aromatic carbocycles. The van der Waals surface area contributed by atoms with Gasteiger partial charge in [-0.05, 0) is 67.1 Å². The second kappa shape index (κ2) is 8.99. The summed E-state index contributed by atoms with van der Waals surface area (Å²) in [5.41, 5.74) is 3.92. The summed E-state index contributed by atoms with van der Waals surface area (Å²) in [5.74, 6) is -0.236. The standard InChI is InChI=1S/C25H20BrN5O4S/c1-14-3-10-21-20(11-14)27-24(15-4-7-17(8-5-15)36(2,34)35)31(21)13-22(32)29-30-23-18-12-16(26)6-9-19(18)28-25(23)33/h3-12,28,33H,13H2,1-2H3. The first kappa shape index (κ1) is 23.9. The van der Waals surface area contributed by atoms with E-state index in [0.29, 0.717) is 27.8 Å². The van der Waals surface area contributed by atoms with Gasteiger partial charge in [0, 0.05) is 21.7 Å². The average molecular weight is 566 g/mol. The van der Waals surface area contributed by atoms with Crippen LogP contribution in [0.4, 0.5) is 5.69 Å². The van der Waals surface area contributed by atoms with Crippen molar-refractivity contribution in [1.29, 1.82) is 0 Å². The van der Waals surface area contributed by atoms with E-state index in [1.165, 1.54) is 12.1 Å². The van der Waals surface area contributed by atoms with Crippen LogP contribution >= 0.6 is 15.9 Å². The Hall–Kier alpha value is -3.83. The number of nitrogens with one attached hydrogen (secondary N) is 1. The summed E-state index contributed by atoms with van der Waals surface area (Å²) in [5, 5.41) is 18.7. The molecule has 1 amide bonds. The van der Waals surface area contributed by atoms with Crippen LogP contribution < -0.4 is 0 Å². The van der Waals surface area contributed by atoms with E-state index in [1.807, 2.05) is 31.2 Å². The Labute approximate surface area is 214 Å². The van der Waals surface area contributed by atoms with Crippen molar-refractivity contribution in [3.8, 4) is 17.3 Å². The number of imidazole rings is 1. The maximum atomic E-state index is 12.9. The molecule has 9 nitrogen and oxygen atoms in total. The number of azo groups is 1. The van der Waals surface area contributed by atoms with E-state index in [9.17, 15) is 18.3 Å². The SMILES string of the molecule is Cc1ccc2c(c1)nc(-c1ccc(S(C)(=O)=O)cc1)n2CC(=O)N=Nc1c(O)[nH]c2ccc(Br)cc12. The number of benzene rings is 3. The fraction of sp³-hybridized carbons (Fsp3) is 0.120. The molecule has 5 rings (SSSR count). The molecule has 0 saturated carbocycles. The molecule has 36 heavy (non-hydrogen) atoms. The summed E-state index contributed by atoms with van der Waals surface area (Å²) < 4.78 is 26.2. The highest BCUT2D eigenvalue weighted by molar-refractivity contribution is 9.10. The van der Waals surface area contributed by atoms with Gasteiger partial charge in [-0.1, -0.05) is 22.0 Å². The molecular formula is C25H20BrN5O4S. The summed E-state index contributed by atoms with van der Waals surface area (Å²) in [6.07, 6.45) is 1.15. The van der Waals surface area contributed by atoms with Gasteiger partial charge in [0.05, 0.1) is 21.4 Å². The Morgan fingerprint density at radius 1 is 1.11 bits per heavy atom. The molecule has 11 heteroatoms. The number of carbonyl (C=O) groups excluding carboxylic acids is 1. The van der Waals surface area contributed by atoms with Crippen molar-refractivity contribution in [2.75, 3.05) is 6.26 Å². The summed E-state index contributed by atoms with van der Waals surface area (Å²) in [6, 6.07) is 17.4. The molecule has 0 radical (unpaired) electrons. The number of aromatic amines is 1. The minimum absolute atomic E-state index is 0.154. The Kier molecular flexibility index (Phi) is 5.97. The zero-order chi connectivity index (χ0) is 25.6. The van der Waals surface area contributed by atoms with Gasteiger partial charge in [0.2, 0.25) is 5.88 Å². The molecule has 0 bridgehead atoms. The molecule has 0 unspecified atom stereocenters. The highest BCUT2D eigenvalue weighted by atomic mass is 79.9. The van der Waals surface area contributed by atoms with Gasteiger partial charge in [0.1, 0.15) is 12.4 Å². The molecular weight excluding hydrogens is 546 g/mol. The number of halogens is 1. The number of rotatable bonds is 5. The smallest absolute Gasteiger partial charge is 0.284 e. The highest BCUT2D eigenvalue weighted by Crippen LogP contribution is 2.37. The molecule has 0 saturated heterocycles. The fourth-order valence-electron chi connectivity index (χ4n) is 3.98. The lowest BCUT2D eigenvalue weighted by atomic mass is 10.2. The third kappa shape index (κ3) is 4.54. The number of amides is 1. The van der Waals surface area contributed by atoms with Crippen LogP contribution in [-0.2, 0) is 21.2 Å². The van der Waals surface area contributed by atoms with Gasteiger partial charge in [-0.3, -0.25) is 4.79 Å². The Balaban J connectivity index is 1.52. The van der Waals surface area contributed by atoms with Gasteiger partial charge < -0.3 is 14.7 Å². The van der Waals surface area contributed by atoms with Crippen LogP contribution in [0.5, 0.6) is 5.88 Å². The van der Waals surface area contributed by atoms with Crippen molar-refractivity contribution in [3.05, 3.63) is 70.7 Å². The summed E-state index contributed by atoms with van der Waals surface area (Å²) in [6.45, 7) is 1.80. The van der Waals surface area contributed by atoms with Crippen molar-refractivity contribution in [2.45, 2.75) is 18.4 Å². The van der Waals surface area contributed by atoms with Gasteiger partial charge in [0.15, 0.2) is 15.5 Å². The van der Waals surface area contributed by atoms with Crippen LogP contribution in [0.1, 0.15) is 5.56 Å². The molecule has 0 aliphatic heterocycles. The number of aromatic nitrogens is 3. The molecule has 0 aliphatic carbocycles. The van der Waals surface area contributed by atoms with Crippen molar-refractivity contribution >= 4 is 59.3 Å². The first-order chi connectivity index (χ1) is 17.1. The molecule has 0 spiro atoms. The Morgan fingerprint density at radius 2 is 1.86 bits per heavy atom. The molecule has 2 heterocycles. The first-order valence-electron chi connectivity index (χ1n) is 10.8. The highest BCUT2D eigenvalue weighted by Gasteiger charge is 2.17. The van der Waals surface area contributed by atoms with Crippen LogP contribution in [0, 0.1) is 6.92 Å². The number of hydrogen-bond donors (Lipinski definition) is 2. The number of sulfone groups is 1. The minimum atomic E-state index is -3.35. The number of fused-ring (bicyclic) bond motifs is 2. The first-order valence-corrected chi connectivity index (χ1v) is 13.5. The second-order valence-electron chi connectivity index (χ2n) is 8.42. The van der Waals surface area contributed by atoms with E-state index in [-0.39, 0.29) is 23.0 Å². The predicted molar refractivity (Wildman–Crippen MR) is 140 cm³/mol. The maximum Gasteiger partial charge on any atom is 0.284 e. The van der Waals surface area contributed by atoms with E-state index in [4.69, 9.17) is 4.98 Å². The lowest BCUT2D eigenvalue weighted by Gasteiger charge is -2.08. The third-order valence-electron chi connectivity index (χ3n) is 5.71. The van der Waals surface area contributed by atoms with Crippen molar-refractivity contribution in [1.82, 2.24) is 14.5 Å². The number of carbonyl (C=O) groups is 1. The summed E-state index contributed by atoms with van der Waals surface area (Å²) in [4.78, 5) is 20.6. The van der Waals surface area contributed by atoms with Crippen LogP contribution in [0.15, 0.2) is 80.3 Å². The van der Waals surface area contributed by atoms with E-state index >= 15 is 0 Å². The number of H-pyrrole nitrogens is 1. The topological polar surface area (TPSA) is 130 Å². The fourth-order valence-corrected chi connectivity index (χ4v) is 4.97. The van der Waals surface area contributed by atoms with Crippen molar-refractivity contribution in [3.63, 3.8) is 0 Å². The van der Waals surface area contributed by atoms with Gasteiger partial charge >= 0.3 is 0 Å².